The highest BCUT2D eigenvalue weighted by Gasteiger charge is 2.14. The molecule has 158 valence electrons. The van der Waals surface area contributed by atoms with Gasteiger partial charge in [0.15, 0.2) is 17.2 Å². The SMILES string of the molecule is COc1cc(/C=N\NC(=O)c2cc(C)[nH]n2)ccc1OC(=O)c1ccc([N+](=O)[O-])cc1. The number of methoxy groups -OCH3 is 1. The number of esters is 1. The molecule has 0 aliphatic carbocycles. The Morgan fingerprint density at radius 3 is 2.52 bits per heavy atom. The number of hydrogen-bond acceptors (Lipinski definition) is 8. The summed E-state index contributed by atoms with van der Waals surface area (Å²) in [6, 6.07) is 11.3. The fraction of sp³-hybridized carbons (Fsp3) is 0.100. The van der Waals surface area contributed by atoms with Crippen LogP contribution in [-0.2, 0) is 0 Å². The number of carbonyl (C=O) groups is 2. The minimum Gasteiger partial charge on any atom is -0.493 e. The van der Waals surface area contributed by atoms with Gasteiger partial charge in [0, 0.05) is 17.8 Å². The van der Waals surface area contributed by atoms with Crippen LogP contribution in [0.1, 0.15) is 32.1 Å². The van der Waals surface area contributed by atoms with Crippen molar-refractivity contribution in [3.63, 3.8) is 0 Å². The van der Waals surface area contributed by atoms with Crippen molar-refractivity contribution in [3.05, 3.63) is 81.2 Å². The number of hydrogen-bond donors (Lipinski definition) is 2. The van der Waals surface area contributed by atoms with Crippen molar-refractivity contribution >= 4 is 23.8 Å². The Balaban J connectivity index is 1.67. The highest BCUT2D eigenvalue weighted by molar-refractivity contribution is 5.93. The third kappa shape index (κ3) is 5.29. The zero-order chi connectivity index (χ0) is 22.4. The molecule has 3 aromatic rings. The van der Waals surface area contributed by atoms with Crippen molar-refractivity contribution in [2.75, 3.05) is 7.11 Å². The summed E-state index contributed by atoms with van der Waals surface area (Å²) in [5.74, 6) is -0.759. The van der Waals surface area contributed by atoms with E-state index in [1.807, 2.05) is 0 Å². The molecule has 0 fully saturated rings. The molecular weight excluding hydrogens is 406 g/mol. The fourth-order valence-electron chi connectivity index (χ4n) is 2.48. The molecule has 0 spiro atoms. The van der Waals surface area contributed by atoms with E-state index in [0.717, 1.165) is 5.69 Å². The van der Waals surface area contributed by atoms with Gasteiger partial charge in [-0.2, -0.15) is 10.2 Å². The maximum Gasteiger partial charge on any atom is 0.343 e. The largest absolute Gasteiger partial charge is 0.493 e. The first-order valence-corrected chi connectivity index (χ1v) is 8.87. The van der Waals surface area contributed by atoms with Crippen molar-refractivity contribution in [2.24, 2.45) is 5.10 Å². The topological polar surface area (TPSA) is 149 Å². The van der Waals surface area contributed by atoms with Gasteiger partial charge in [0.25, 0.3) is 11.6 Å². The summed E-state index contributed by atoms with van der Waals surface area (Å²) in [6.45, 7) is 1.77. The molecule has 1 heterocycles. The molecule has 0 bridgehead atoms. The second-order valence-electron chi connectivity index (χ2n) is 6.24. The Labute approximate surface area is 175 Å². The van der Waals surface area contributed by atoms with E-state index in [2.05, 4.69) is 20.7 Å². The Morgan fingerprint density at radius 2 is 1.90 bits per heavy atom. The molecule has 11 heteroatoms. The summed E-state index contributed by atoms with van der Waals surface area (Å²) in [4.78, 5) is 34.4. The lowest BCUT2D eigenvalue weighted by molar-refractivity contribution is -0.384. The van der Waals surface area contributed by atoms with Gasteiger partial charge >= 0.3 is 5.97 Å². The van der Waals surface area contributed by atoms with Crippen LogP contribution in [0.2, 0.25) is 0 Å². The van der Waals surface area contributed by atoms with E-state index < -0.39 is 16.8 Å². The number of non-ortho nitro benzene ring substituents is 1. The van der Waals surface area contributed by atoms with Gasteiger partial charge in [0.05, 0.1) is 23.8 Å². The van der Waals surface area contributed by atoms with Crippen LogP contribution in [0.3, 0.4) is 0 Å². The number of aromatic amines is 1. The number of nitrogens with one attached hydrogen (secondary N) is 2. The second kappa shape index (κ2) is 9.31. The molecule has 0 aliphatic rings. The van der Waals surface area contributed by atoms with Crippen LogP contribution in [0.4, 0.5) is 5.69 Å². The van der Waals surface area contributed by atoms with Crippen LogP contribution < -0.4 is 14.9 Å². The number of amides is 1. The number of aryl methyl sites for hydroxylation is 1. The lowest BCUT2D eigenvalue weighted by Gasteiger charge is -2.10. The summed E-state index contributed by atoms with van der Waals surface area (Å²) in [5.41, 5.74) is 3.90. The fourth-order valence-corrected chi connectivity index (χ4v) is 2.48. The molecule has 0 atom stereocenters. The van der Waals surface area contributed by atoms with Crippen LogP contribution in [-0.4, -0.2) is 40.3 Å². The molecule has 31 heavy (non-hydrogen) atoms. The molecule has 3 rings (SSSR count). The number of nitro groups is 1. The van der Waals surface area contributed by atoms with Gasteiger partial charge in [0.2, 0.25) is 0 Å². The third-order valence-electron chi connectivity index (χ3n) is 4.02. The maximum atomic E-state index is 12.3. The van der Waals surface area contributed by atoms with E-state index in [4.69, 9.17) is 9.47 Å². The van der Waals surface area contributed by atoms with Crippen molar-refractivity contribution in [2.45, 2.75) is 6.92 Å². The first-order chi connectivity index (χ1) is 14.9. The lowest BCUT2D eigenvalue weighted by Crippen LogP contribution is -2.18. The number of benzene rings is 2. The van der Waals surface area contributed by atoms with Gasteiger partial charge in [-0.05, 0) is 48.9 Å². The average molecular weight is 423 g/mol. The van der Waals surface area contributed by atoms with E-state index in [-0.39, 0.29) is 28.4 Å². The molecule has 2 aromatic carbocycles. The molecule has 0 saturated carbocycles. The number of aromatic nitrogens is 2. The molecule has 1 amide bonds. The highest BCUT2D eigenvalue weighted by atomic mass is 16.6. The van der Waals surface area contributed by atoms with Crippen molar-refractivity contribution < 1.29 is 24.0 Å². The number of rotatable bonds is 7. The Bertz CT molecular complexity index is 1150. The summed E-state index contributed by atoms with van der Waals surface area (Å²) in [7, 11) is 1.40. The third-order valence-corrected chi connectivity index (χ3v) is 4.02. The van der Waals surface area contributed by atoms with Crippen molar-refractivity contribution in [1.82, 2.24) is 15.6 Å². The minimum absolute atomic E-state index is 0.132. The number of nitro benzene ring substituents is 1. The Kier molecular flexibility index (Phi) is 6.36. The minimum atomic E-state index is -0.698. The van der Waals surface area contributed by atoms with Gasteiger partial charge in [-0.25, -0.2) is 10.2 Å². The normalized spacial score (nSPS) is 10.6. The standard InChI is InChI=1S/C20H17N5O6/c1-12-9-16(23-22-12)19(26)24-21-11-13-3-8-17(18(10-13)30-2)31-20(27)14-4-6-15(7-5-14)25(28)29/h3-11H,1-2H3,(H,22,23)(H,24,26)/b21-11-. The monoisotopic (exact) mass is 423 g/mol. The van der Waals surface area contributed by atoms with Crippen LogP contribution >= 0.6 is 0 Å². The number of hydrazone groups is 1. The maximum absolute atomic E-state index is 12.3. The average Bonchev–Trinajstić information content (AvgIpc) is 3.21. The number of nitrogens with zero attached hydrogens (tertiary/aromatic N) is 3. The predicted molar refractivity (Wildman–Crippen MR) is 109 cm³/mol. The second-order valence-corrected chi connectivity index (χ2v) is 6.24. The van der Waals surface area contributed by atoms with Crippen LogP contribution in [0.5, 0.6) is 11.5 Å². The first-order valence-electron chi connectivity index (χ1n) is 8.87. The number of carbonyl (C=O) groups excluding carboxylic acids is 2. The lowest BCUT2D eigenvalue weighted by atomic mass is 10.2. The molecule has 11 nitrogen and oxygen atoms in total. The van der Waals surface area contributed by atoms with Crippen LogP contribution in [0.15, 0.2) is 53.6 Å². The van der Waals surface area contributed by atoms with Gasteiger partial charge in [-0.1, -0.05) is 0 Å². The zero-order valence-electron chi connectivity index (χ0n) is 16.5. The van der Waals surface area contributed by atoms with Gasteiger partial charge in [0.1, 0.15) is 0 Å². The summed E-state index contributed by atoms with van der Waals surface area (Å²) in [5, 5.41) is 21.1. The van der Waals surface area contributed by atoms with Gasteiger partial charge in [-0.3, -0.25) is 20.0 Å². The molecule has 2 N–H and O–H groups in total. The molecule has 1 aromatic heterocycles. The van der Waals surface area contributed by atoms with Gasteiger partial charge in [-0.15, -0.1) is 0 Å². The molecular formula is C20H17N5O6. The number of H-pyrrole nitrogens is 1. The van der Waals surface area contributed by atoms with E-state index in [1.54, 1.807) is 25.1 Å². The predicted octanol–water partition coefficient (Wildman–Crippen LogP) is 2.62. The Morgan fingerprint density at radius 1 is 1.16 bits per heavy atom. The molecule has 0 unspecified atom stereocenters. The summed E-state index contributed by atoms with van der Waals surface area (Å²) < 4.78 is 10.6. The van der Waals surface area contributed by atoms with Crippen molar-refractivity contribution in [1.29, 1.82) is 0 Å². The molecule has 0 saturated heterocycles. The summed E-state index contributed by atoms with van der Waals surface area (Å²) >= 11 is 0. The van der Waals surface area contributed by atoms with E-state index in [1.165, 1.54) is 43.7 Å². The van der Waals surface area contributed by atoms with Crippen LogP contribution in [0.25, 0.3) is 0 Å². The quantitative estimate of drug-likeness (QED) is 0.195. The molecule has 0 aliphatic heterocycles. The van der Waals surface area contributed by atoms with Gasteiger partial charge < -0.3 is 9.47 Å². The number of ether oxygens (including phenoxy) is 2. The molecule has 0 radical (unpaired) electrons. The smallest absolute Gasteiger partial charge is 0.343 e. The highest BCUT2D eigenvalue weighted by Crippen LogP contribution is 2.28. The first kappa shape index (κ1) is 21.2. The summed E-state index contributed by atoms with van der Waals surface area (Å²) in [6.07, 6.45) is 1.39. The zero-order valence-corrected chi connectivity index (χ0v) is 16.5. The van der Waals surface area contributed by atoms with E-state index in [9.17, 15) is 19.7 Å². The van der Waals surface area contributed by atoms with Crippen molar-refractivity contribution in [3.8, 4) is 11.5 Å². The van der Waals surface area contributed by atoms with Crippen LogP contribution in [0, 0.1) is 17.0 Å². The van der Waals surface area contributed by atoms with E-state index >= 15 is 0 Å². The van der Waals surface area contributed by atoms with E-state index in [0.29, 0.717) is 5.56 Å². The Hall–Kier alpha value is -4.54.